The molecule has 0 spiro atoms. The van der Waals surface area contributed by atoms with Crippen LogP contribution in [0.15, 0.2) is 48.5 Å². The van der Waals surface area contributed by atoms with Gasteiger partial charge in [0.05, 0.1) is 12.7 Å². The van der Waals surface area contributed by atoms with E-state index in [0.717, 1.165) is 11.3 Å². The fourth-order valence-corrected chi connectivity index (χ4v) is 2.26. The first-order valence-electron chi connectivity index (χ1n) is 8.29. The van der Waals surface area contributed by atoms with E-state index < -0.39 is 5.60 Å². The van der Waals surface area contributed by atoms with Crippen LogP contribution < -0.4 is 4.74 Å². The van der Waals surface area contributed by atoms with Gasteiger partial charge in [0.2, 0.25) is 0 Å². The standard InChI is InChI=1S/C21H26O3/c1-15(2)23-14-21(4,5)24-19-12-10-18(11-13-19)20(22)17-8-6-16(3)7-9-17/h6-13,15H,14H2,1-5H3. The number of ether oxygens (including phenoxy) is 2. The summed E-state index contributed by atoms with van der Waals surface area (Å²) in [5.41, 5.74) is 2.07. The van der Waals surface area contributed by atoms with E-state index in [1.807, 2.05) is 71.0 Å². The quantitative estimate of drug-likeness (QED) is 0.685. The molecule has 0 heterocycles. The Labute approximate surface area is 144 Å². The third-order valence-corrected chi connectivity index (χ3v) is 3.59. The largest absolute Gasteiger partial charge is 0.485 e. The number of hydrogen-bond acceptors (Lipinski definition) is 3. The van der Waals surface area contributed by atoms with Crippen molar-refractivity contribution < 1.29 is 14.3 Å². The highest BCUT2D eigenvalue weighted by Crippen LogP contribution is 2.21. The molecule has 0 N–H and O–H groups in total. The van der Waals surface area contributed by atoms with Crippen molar-refractivity contribution >= 4 is 5.78 Å². The summed E-state index contributed by atoms with van der Waals surface area (Å²) in [6.45, 7) is 10.5. The summed E-state index contributed by atoms with van der Waals surface area (Å²) < 4.78 is 11.6. The molecule has 0 saturated carbocycles. The minimum Gasteiger partial charge on any atom is -0.485 e. The molecule has 2 rings (SSSR count). The second kappa shape index (κ2) is 7.63. The molecule has 0 amide bonds. The average molecular weight is 326 g/mol. The van der Waals surface area contributed by atoms with Gasteiger partial charge in [-0.3, -0.25) is 4.79 Å². The number of carbonyl (C=O) groups excluding carboxylic acids is 1. The molecule has 0 radical (unpaired) electrons. The highest BCUT2D eigenvalue weighted by Gasteiger charge is 2.21. The number of hydrogen-bond donors (Lipinski definition) is 0. The summed E-state index contributed by atoms with van der Waals surface area (Å²) in [7, 11) is 0. The van der Waals surface area contributed by atoms with Crippen LogP contribution in [0, 0.1) is 6.92 Å². The molecule has 3 heteroatoms. The van der Waals surface area contributed by atoms with Crippen LogP contribution in [0.3, 0.4) is 0 Å². The van der Waals surface area contributed by atoms with Gasteiger partial charge in [0.1, 0.15) is 11.4 Å². The van der Waals surface area contributed by atoms with Gasteiger partial charge >= 0.3 is 0 Å². The Morgan fingerprint density at radius 1 is 0.958 bits per heavy atom. The van der Waals surface area contributed by atoms with Crippen LogP contribution in [0.25, 0.3) is 0 Å². The van der Waals surface area contributed by atoms with Gasteiger partial charge in [-0.05, 0) is 58.9 Å². The van der Waals surface area contributed by atoms with Crippen molar-refractivity contribution in [3.05, 3.63) is 65.2 Å². The maximum absolute atomic E-state index is 12.5. The second-order valence-electron chi connectivity index (χ2n) is 6.94. The molecule has 128 valence electrons. The number of aryl methyl sites for hydroxylation is 1. The zero-order chi connectivity index (χ0) is 17.7. The number of benzene rings is 2. The Bertz CT molecular complexity index is 667. The Hall–Kier alpha value is -2.13. The van der Waals surface area contributed by atoms with Gasteiger partial charge in [0, 0.05) is 11.1 Å². The Balaban J connectivity index is 2.04. The summed E-state index contributed by atoms with van der Waals surface area (Å²) in [6, 6.07) is 14.9. The third-order valence-electron chi connectivity index (χ3n) is 3.59. The van der Waals surface area contributed by atoms with Crippen molar-refractivity contribution in [2.75, 3.05) is 6.61 Å². The van der Waals surface area contributed by atoms with Gasteiger partial charge < -0.3 is 9.47 Å². The van der Waals surface area contributed by atoms with Crippen molar-refractivity contribution in [2.45, 2.75) is 46.3 Å². The summed E-state index contributed by atoms with van der Waals surface area (Å²) in [5, 5.41) is 0. The van der Waals surface area contributed by atoms with Gasteiger partial charge in [-0.15, -0.1) is 0 Å². The van der Waals surface area contributed by atoms with Crippen LogP contribution in [-0.2, 0) is 4.74 Å². The van der Waals surface area contributed by atoms with Crippen LogP contribution in [-0.4, -0.2) is 24.1 Å². The molecule has 0 saturated heterocycles. The molecule has 0 aliphatic heterocycles. The third kappa shape index (κ3) is 5.20. The Morgan fingerprint density at radius 2 is 1.46 bits per heavy atom. The van der Waals surface area contributed by atoms with Crippen LogP contribution in [0.1, 0.15) is 49.2 Å². The van der Waals surface area contributed by atoms with E-state index in [2.05, 4.69) is 0 Å². The predicted octanol–water partition coefficient (Wildman–Crippen LogP) is 4.81. The number of ketones is 1. The lowest BCUT2D eigenvalue weighted by Gasteiger charge is -2.27. The first kappa shape index (κ1) is 18.2. The van der Waals surface area contributed by atoms with E-state index in [1.54, 1.807) is 12.1 Å². The second-order valence-corrected chi connectivity index (χ2v) is 6.94. The van der Waals surface area contributed by atoms with Crippen molar-refractivity contribution in [1.29, 1.82) is 0 Å². The maximum atomic E-state index is 12.5. The smallest absolute Gasteiger partial charge is 0.193 e. The molecule has 3 nitrogen and oxygen atoms in total. The predicted molar refractivity (Wildman–Crippen MR) is 96.8 cm³/mol. The van der Waals surface area contributed by atoms with E-state index in [1.165, 1.54) is 0 Å². The molecule has 0 aliphatic rings. The van der Waals surface area contributed by atoms with Gasteiger partial charge in [-0.2, -0.15) is 0 Å². The Morgan fingerprint density at radius 3 is 1.96 bits per heavy atom. The topological polar surface area (TPSA) is 35.5 Å². The normalized spacial score (nSPS) is 11.6. The zero-order valence-corrected chi connectivity index (χ0v) is 15.1. The molecular formula is C21H26O3. The van der Waals surface area contributed by atoms with Crippen LogP contribution in [0.4, 0.5) is 0 Å². The monoisotopic (exact) mass is 326 g/mol. The van der Waals surface area contributed by atoms with Gasteiger partial charge in [0.15, 0.2) is 5.78 Å². The molecule has 0 atom stereocenters. The van der Waals surface area contributed by atoms with E-state index in [0.29, 0.717) is 17.7 Å². The molecule has 0 unspecified atom stereocenters. The van der Waals surface area contributed by atoms with Crippen molar-refractivity contribution in [2.24, 2.45) is 0 Å². The summed E-state index contributed by atoms with van der Waals surface area (Å²) >= 11 is 0. The average Bonchev–Trinajstić information content (AvgIpc) is 2.53. The number of rotatable bonds is 7. The lowest BCUT2D eigenvalue weighted by Crippen LogP contribution is -2.35. The summed E-state index contributed by atoms with van der Waals surface area (Å²) in [5.74, 6) is 0.747. The molecular weight excluding hydrogens is 300 g/mol. The van der Waals surface area contributed by atoms with Crippen molar-refractivity contribution in [3.8, 4) is 5.75 Å². The molecule has 0 bridgehead atoms. The Kier molecular flexibility index (Phi) is 5.79. The van der Waals surface area contributed by atoms with E-state index >= 15 is 0 Å². The molecule has 0 aromatic heterocycles. The van der Waals surface area contributed by atoms with E-state index in [9.17, 15) is 4.79 Å². The van der Waals surface area contributed by atoms with Gasteiger partial charge in [0.25, 0.3) is 0 Å². The first-order chi connectivity index (χ1) is 11.3. The lowest BCUT2D eigenvalue weighted by atomic mass is 10.0. The fraction of sp³-hybridized carbons (Fsp3) is 0.381. The highest BCUT2D eigenvalue weighted by molar-refractivity contribution is 6.09. The van der Waals surface area contributed by atoms with Crippen LogP contribution >= 0.6 is 0 Å². The van der Waals surface area contributed by atoms with Crippen molar-refractivity contribution in [3.63, 3.8) is 0 Å². The molecule has 0 fully saturated rings. The lowest BCUT2D eigenvalue weighted by molar-refractivity contribution is -0.0276. The van der Waals surface area contributed by atoms with Crippen molar-refractivity contribution in [1.82, 2.24) is 0 Å². The molecule has 24 heavy (non-hydrogen) atoms. The van der Waals surface area contributed by atoms with Crippen LogP contribution in [0.5, 0.6) is 5.75 Å². The van der Waals surface area contributed by atoms with E-state index in [4.69, 9.17) is 9.47 Å². The SMILES string of the molecule is Cc1ccc(C(=O)c2ccc(OC(C)(C)COC(C)C)cc2)cc1. The number of carbonyl (C=O) groups is 1. The van der Waals surface area contributed by atoms with Gasteiger partial charge in [-0.1, -0.05) is 29.8 Å². The molecule has 0 aliphatic carbocycles. The minimum atomic E-state index is -0.424. The zero-order valence-electron chi connectivity index (χ0n) is 15.1. The summed E-state index contributed by atoms with van der Waals surface area (Å²) in [6.07, 6.45) is 0.169. The first-order valence-corrected chi connectivity index (χ1v) is 8.29. The molecule has 2 aromatic carbocycles. The molecule has 2 aromatic rings. The highest BCUT2D eigenvalue weighted by atomic mass is 16.5. The maximum Gasteiger partial charge on any atom is 0.193 e. The van der Waals surface area contributed by atoms with E-state index in [-0.39, 0.29) is 11.9 Å². The minimum absolute atomic E-state index is 0.0175. The van der Waals surface area contributed by atoms with Gasteiger partial charge in [-0.25, -0.2) is 0 Å². The summed E-state index contributed by atoms with van der Waals surface area (Å²) in [4.78, 5) is 12.5. The fourth-order valence-electron chi connectivity index (χ4n) is 2.26. The van der Waals surface area contributed by atoms with Crippen LogP contribution in [0.2, 0.25) is 0 Å².